The quantitative estimate of drug-likeness (QED) is 0.649. The second-order valence-electron chi connectivity index (χ2n) is 2.91. The maximum absolute atomic E-state index is 3.40. The minimum Gasteiger partial charge on any atom is -0.382 e. The van der Waals surface area contributed by atoms with Gasteiger partial charge in [-0.1, -0.05) is 45.9 Å². The Bertz CT molecular complexity index is 223. The monoisotopic (exact) mass is 195 g/mol. The summed E-state index contributed by atoms with van der Waals surface area (Å²) in [6, 6.07) is 9.12. The number of nitrogens with one attached hydrogen (secondary N) is 1. The van der Waals surface area contributed by atoms with Gasteiger partial charge in [0.25, 0.3) is 0 Å². The molecule has 82 valence electrons. The summed E-state index contributed by atoms with van der Waals surface area (Å²) in [6.45, 7) is 10.2. The van der Waals surface area contributed by atoms with Gasteiger partial charge in [-0.3, -0.25) is 0 Å². The van der Waals surface area contributed by atoms with Crippen LogP contribution in [0.25, 0.3) is 0 Å². The van der Waals surface area contributed by atoms with Crippen molar-refractivity contribution in [1.82, 2.24) is 0 Å². The van der Waals surface area contributed by atoms with Crippen molar-refractivity contribution >= 4 is 5.69 Å². The van der Waals surface area contributed by atoms with E-state index in [0.29, 0.717) is 6.04 Å². The Kier molecular flexibility index (Phi) is 6.91. The van der Waals surface area contributed by atoms with Crippen molar-refractivity contribution in [2.24, 2.45) is 0 Å². The van der Waals surface area contributed by atoms with Gasteiger partial charge in [-0.15, -0.1) is 0 Å². The molecule has 1 aliphatic heterocycles. The van der Waals surface area contributed by atoms with Crippen LogP contribution in [0.1, 0.15) is 41.6 Å². The molecule has 1 nitrogen and oxygen atoms in total. The van der Waals surface area contributed by atoms with E-state index in [9.17, 15) is 0 Å². The number of para-hydroxylation sites is 1. The lowest BCUT2D eigenvalue weighted by atomic mass is 10.1. The lowest BCUT2D eigenvalue weighted by molar-refractivity contribution is 0.839. The first-order valence-corrected chi connectivity index (χ1v) is 5.71. The van der Waals surface area contributed by atoms with Gasteiger partial charge in [0.15, 0.2) is 0 Å². The molecular formula is C13H25N. The van der Waals surface area contributed by atoms with Crippen LogP contribution in [-0.4, -0.2) is 6.04 Å². The lowest BCUT2D eigenvalue weighted by Gasteiger charge is -2.00. The molecule has 1 atom stereocenters. The molecule has 1 heteroatoms. The normalized spacial score (nSPS) is 16.5. The van der Waals surface area contributed by atoms with Gasteiger partial charge in [0.2, 0.25) is 0 Å². The number of benzene rings is 1. The Hall–Kier alpha value is -0.980. The van der Waals surface area contributed by atoms with Gasteiger partial charge in [-0.05, 0) is 25.0 Å². The number of hydrogen-bond acceptors (Lipinski definition) is 1. The van der Waals surface area contributed by atoms with E-state index >= 15 is 0 Å². The third-order valence-corrected chi connectivity index (χ3v) is 1.95. The second kappa shape index (κ2) is 7.43. The van der Waals surface area contributed by atoms with E-state index in [-0.39, 0.29) is 1.43 Å². The van der Waals surface area contributed by atoms with Crippen molar-refractivity contribution < 1.29 is 1.43 Å². The molecule has 1 unspecified atom stereocenters. The van der Waals surface area contributed by atoms with Crippen LogP contribution in [0.15, 0.2) is 24.3 Å². The van der Waals surface area contributed by atoms with Crippen molar-refractivity contribution in [3.8, 4) is 0 Å². The topological polar surface area (TPSA) is 12.0 Å². The summed E-state index contributed by atoms with van der Waals surface area (Å²) < 4.78 is 0. The highest BCUT2D eigenvalue weighted by molar-refractivity contribution is 5.56. The Morgan fingerprint density at radius 2 is 1.71 bits per heavy atom. The van der Waals surface area contributed by atoms with Crippen molar-refractivity contribution in [3.05, 3.63) is 29.8 Å². The molecule has 1 aromatic carbocycles. The maximum Gasteiger partial charge on any atom is 0.0375 e. The fourth-order valence-electron chi connectivity index (χ4n) is 1.49. The predicted octanol–water partition coefficient (Wildman–Crippen LogP) is 4.34. The summed E-state index contributed by atoms with van der Waals surface area (Å²) in [4.78, 5) is 0. The number of anilines is 1. The Balaban J connectivity index is 0. The SMILES string of the molecule is CC.CC.CC1Cc2ccccc2N1.[HH]. The Morgan fingerprint density at radius 1 is 1.14 bits per heavy atom. The highest BCUT2D eigenvalue weighted by Gasteiger charge is 2.14. The first-order chi connectivity index (χ1) is 6.86. The molecule has 1 heterocycles. The summed E-state index contributed by atoms with van der Waals surface area (Å²) in [5.74, 6) is 0. The molecule has 0 spiro atoms. The largest absolute Gasteiger partial charge is 0.382 e. The molecule has 0 bridgehead atoms. The van der Waals surface area contributed by atoms with Crippen molar-refractivity contribution in [2.45, 2.75) is 47.1 Å². The van der Waals surface area contributed by atoms with E-state index in [0.717, 1.165) is 0 Å². The summed E-state index contributed by atoms with van der Waals surface area (Å²) in [5, 5.41) is 3.40. The average molecular weight is 195 g/mol. The maximum atomic E-state index is 3.40. The number of hydrogen-bond donors (Lipinski definition) is 1. The molecule has 0 aliphatic carbocycles. The zero-order valence-corrected chi connectivity index (χ0v) is 10.1. The second-order valence-corrected chi connectivity index (χ2v) is 2.91. The Labute approximate surface area is 90.0 Å². The zero-order chi connectivity index (χ0) is 11.0. The van der Waals surface area contributed by atoms with Gasteiger partial charge >= 0.3 is 0 Å². The number of fused-ring (bicyclic) bond motifs is 1. The van der Waals surface area contributed by atoms with Crippen LogP contribution in [0.3, 0.4) is 0 Å². The highest BCUT2D eigenvalue weighted by Crippen LogP contribution is 2.24. The fraction of sp³-hybridized carbons (Fsp3) is 0.538. The van der Waals surface area contributed by atoms with E-state index < -0.39 is 0 Å². The van der Waals surface area contributed by atoms with Crippen LogP contribution in [0, 0.1) is 0 Å². The first-order valence-electron chi connectivity index (χ1n) is 5.71. The third-order valence-electron chi connectivity index (χ3n) is 1.95. The van der Waals surface area contributed by atoms with Gasteiger partial charge in [0, 0.05) is 13.2 Å². The molecule has 0 aromatic heterocycles. The highest BCUT2D eigenvalue weighted by atomic mass is 14.9. The van der Waals surface area contributed by atoms with Crippen LogP contribution in [0.5, 0.6) is 0 Å². The molecule has 0 fully saturated rings. The molecule has 1 aromatic rings. The van der Waals surface area contributed by atoms with Crippen LogP contribution in [-0.2, 0) is 6.42 Å². The minimum absolute atomic E-state index is 0. The van der Waals surface area contributed by atoms with E-state index in [4.69, 9.17) is 0 Å². The third kappa shape index (κ3) is 3.41. The molecule has 0 amide bonds. The van der Waals surface area contributed by atoms with Crippen molar-refractivity contribution in [3.63, 3.8) is 0 Å². The average Bonchev–Trinajstić information content (AvgIpc) is 2.64. The van der Waals surface area contributed by atoms with Gasteiger partial charge in [-0.25, -0.2) is 0 Å². The van der Waals surface area contributed by atoms with Gasteiger partial charge in [0.1, 0.15) is 0 Å². The van der Waals surface area contributed by atoms with Crippen LogP contribution in [0.2, 0.25) is 0 Å². The molecule has 14 heavy (non-hydrogen) atoms. The fourth-order valence-corrected chi connectivity index (χ4v) is 1.49. The van der Waals surface area contributed by atoms with Crippen molar-refractivity contribution in [2.75, 3.05) is 5.32 Å². The standard InChI is InChI=1S/C9H11N.2C2H6.H2/c1-7-6-8-4-2-3-5-9(8)10-7;2*1-2;/h2-5,7,10H,6H2,1H3;2*1-2H3;1H. The lowest BCUT2D eigenvalue weighted by Crippen LogP contribution is -2.08. The molecule has 1 N–H and O–H groups in total. The van der Waals surface area contributed by atoms with E-state index in [1.807, 2.05) is 27.7 Å². The van der Waals surface area contributed by atoms with Crippen LogP contribution in [0.4, 0.5) is 5.69 Å². The smallest absolute Gasteiger partial charge is 0.0375 e. The van der Waals surface area contributed by atoms with E-state index in [2.05, 4.69) is 36.5 Å². The molecule has 0 saturated heterocycles. The summed E-state index contributed by atoms with van der Waals surface area (Å²) in [5.41, 5.74) is 2.77. The van der Waals surface area contributed by atoms with Gasteiger partial charge in [-0.2, -0.15) is 0 Å². The predicted molar refractivity (Wildman–Crippen MR) is 68.0 cm³/mol. The van der Waals surface area contributed by atoms with Crippen molar-refractivity contribution in [1.29, 1.82) is 0 Å². The van der Waals surface area contributed by atoms with E-state index in [1.54, 1.807) is 0 Å². The molecule has 1 aliphatic rings. The van der Waals surface area contributed by atoms with Gasteiger partial charge in [0.05, 0.1) is 0 Å². The molecular weight excluding hydrogens is 170 g/mol. The van der Waals surface area contributed by atoms with Crippen LogP contribution >= 0.6 is 0 Å². The Morgan fingerprint density at radius 3 is 2.29 bits per heavy atom. The van der Waals surface area contributed by atoms with E-state index in [1.165, 1.54) is 17.7 Å². The molecule has 2 rings (SSSR count). The summed E-state index contributed by atoms with van der Waals surface area (Å²) in [6.07, 6.45) is 1.18. The summed E-state index contributed by atoms with van der Waals surface area (Å²) >= 11 is 0. The first kappa shape index (κ1) is 13.0. The van der Waals surface area contributed by atoms with Gasteiger partial charge < -0.3 is 5.32 Å². The minimum atomic E-state index is 0. The van der Waals surface area contributed by atoms with Crippen LogP contribution < -0.4 is 5.32 Å². The number of rotatable bonds is 0. The zero-order valence-electron chi connectivity index (χ0n) is 10.1. The molecule has 0 saturated carbocycles. The summed E-state index contributed by atoms with van der Waals surface area (Å²) in [7, 11) is 0. The molecule has 0 radical (unpaired) electrons.